The highest BCUT2D eigenvalue weighted by Crippen LogP contribution is 2.25. The van der Waals surface area contributed by atoms with Gasteiger partial charge in [-0.05, 0) is 31.2 Å². The number of carbonyl (C=O) groups is 1. The van der Waals surface area contributed by atoms with Gasteiger partial charge in [-0.3, -0.25) is 0 Å². The lowest BCUT2D eigenvalue weighted by atomic mass is 10.3. The zero-order valence-corrected chi connectivity index (χ0v) is 10.2. The van der Waals surface area contributed by atoms with Crippen LogP contribution < -0.4 is 5.32 Å². The zero-order valence-electron chi connectivity index (χ0n) is 9.40. The van der Waals surface area contributed by atoms with Crippen molar-refractivity contribution in [1.82, 2.24) is 4.90 Å². The van der Waals surface area contributed by atoms with Crippen LogP contribution in [0.4, 0.5) is 10.5 Å². The lowest BCUT2D eigenvalue weighted by Gasteiger charge is -2.17. The maximum atomic E-state index is 11.9. The Morgan fingerprint density at radius 3 is 2.69 bits per heavy atom. The first kappa shape index (κ1) is 11.3. The minimum absolute atomic E-state index is 0.0269. The summed E-state index contributed by atoms with van der Waals surface area (Å²) in [6.45, 7) is 1.76. The first-order valence-electron chi connectivity index (χ1n) is 5.50. The quantitative estimate of drug-likeness (QED) is 0.800. The number of thioether (sulfide) groups is 1. The van der Waals surface area contributed by atoms with E-state index in [0.29, 0.717) is 0 Å². The van der Waals surface area contributed by atoms with Crippen molar-refractivity contribution < 1.29 is 4.79 Å². The molecule has 1 fully saturated rings. The molecule has 0 aliphatic carbocycles. The zero-order chi connectivity index (χ0) is 11.4. The van der Waals surface area contributed by atoms with Crippen LogP contribution in [-0.2, 0) is 0 Å². The monoisotopic (exact) mass is 236 g/mol. The summed E-state index contributed by atoms with van der Waals surface area (Å²) in [5, 5.41) is 2.97. The summed E-state index contributed by atoms with van der Waals surface area (Å²) in [4.78, 5) is 14.9. The van der Waals surface area contributed by atoms with Gasteiger partial charge in [0.2, 0.25) is 0 Å². The number of hydrogen-bond acceptors (Lipinski definition) is 2. The Kier molecular flexibility index (Phi) is 3.72. The molecule has 1 aromatic rings. The van der Waals surface area contributed by atoms with Gasteiger partial charge in [-0.15, -0.1) is 11.8 Å². The van der Waals surface area contributed by atoms with Crippen molar-refractivity contribution in [3.8, 4) is 0 Å². The van der Waals surface area contributed by atoms with Crippen molar-refractivity contribution in [2.75, 3.05) is 24.7 Å². The van der Waals surface area contributed by atoms with E-state index in [9.17, 15) is 4.79 Å². The number of carbonyl (C=O) groups excluding carboxylic acids is 1. The van der Waals surface area contributed by atoms with Gasteiger partial charge in [0.1, 0.15) is 0 Å². The van der Waals surface area contributed by atoms with Gasteiger partial charge in [0.05, 0.1) is 5.69 Å². The molecule has 0 atom stereocenters. The third-order valence-electron chi connectivity index (χ3n) is 2.74. The van der Waals surface area contributed by atoms with Crippen molar-refractivity contribution >= 4 is 23.5 Å². The normalized spacial score (nSPS) is 15.2. The summed E-state index contributed by atoms with van der Waals surface area (Å²) in [5.41, 5.74) is 0.909. The lowest BCUT2D eigenvalue weighted by Crippen LogP contribution is -2.32. The molecule has 0 radical (unpaired) electrons. The average molecular weight is 236 g/mol. The molecule has 0 bridgehead atoms. The predicted molar refractivity (Wildman–Crippen MR) is 68.0 cm³/mol. The number of urea groups is 1. The summed E-state index contributed by atoms with van der Waals surface area (Å²) in [6.07, 6.45) is 4.26. The fourth-order valence-corrected chi connectivity index (χ4v) is 2.42. The van der Waals surface area contributed by atoms with Crippen LogP contribution >= 0.6 is 11.8 Å². The molecule has 1 aliphatic rings. The number of nitrogens with one attached hydrogen (secondary N) is 1. The maximum Gasteiger partial charge on any atom is 0.321 e. The molecule has 1 aromatic carbocycles. The predicted octanol–water partition coefficient (Wildman–Crippen LogP) is 3.04. The number of nitrogens with zero attached hydrogens (tertiary/aromatic N) is 1. The Morgan fingerprint density at radius 1 is 1.31 bits per heavy atom. The summed E-state index contributed by atoms with van der Waals surface area (Å²) < 4.78 is 0. The second-order valence-corrected chi connectivity index (χ2v) is 4.67. The summed E-state index contributed by atoms with van der Waals surface area (Å²) >= 11 is 1.65. The topological polar surface area (TPSA) is 32.3 Å². The van der Waals surface area contributed by atoms with E-state index < -0.39 is 0 Å². The molecule has 0 unspecified atom stereocenters. The van der Waals surface area contributed by atoms with Crippen LogP contribution in [-0.4, -0.2) is 30.3 Å². The number of anilines is 1. The Labute approximate surface area is 100 Å². The highest BCUT2D eigenvalue weighted by atomic mass is 32.2. The van der Waals surface area contributed by atoms with Crippen molar-refractivity contribution in [1.29, 1.82) is 0 Å². The molecule has 3 nitrogen and oxygen atoms in total. The van der Waals surface area contributed by atoms with Crippen LogP contribution in [0.3, 0.4) is 0 Å². The van der Waals surface area contributed by atoms with E-state index in [2.05, 4.69) is 5.32 Å². The molecule has 0 saturated carbocycles. The van der Waals surface area contributed by atoms with Crippen LogP contribution in [0.25, 0.3) is 0 Å². The molecule has 1 N–H and O–H groups in total. The molecule has 16 heavy (non-hydrogen) atoms. The largest absolute Gasteiger partial charge is 0.325 e. The molecule has 1 heterocycles. The van der Waals surface area contributed by atoms with Gasteiger partial charge in [0, 0.05) is 18.0 Å². The van der Waals surface area contributed by atoms with E-state index in [-0.39, 0.29) is 6.03 Å². The third-order valence-corrected chi connectivity index (χ3v) is 3.54. The molecule has 1 aliphatic heterocycles. The van der Waals surface area contributed by atoms with E-state index in [1.165, 1.54) is 0 Å². The smallest absolute Gasteiger partial charge is 0.321 e. The molecular formula is C12H16N2OS. The molecule has 0 aromatic heterocycles. The van der Waals surface area contributed by atoms with Crippen molar-refractivity contribution in [2.24, 2.45) is 0 Å². The van der Waals surface area contributed by atoms with Gasteiger partial charge in [0.25, 0.3) is 0 Å². The fourth-order valence-electron chi connectivity index (χ4n) is 1.86. The van der Waals surface area contributed by atoms with Crippen LogP contribution in [0.5, 0.6) is 0 Å². The Balaban J connectivity index is 2.05. The molecule has 4 heteroatoms. The van der Waals surface area contributed by atoms with E-state index in [0.717, 1.165) is 36.5 Å². The molecular weight excluding hydrogens is 220 g/mol. The second-order valence-electron chi connectivity index (χ2n) is 3.82. The van der Waals surface area contributed by atoms with Gasteiger partial charge in [0.15, 0.2) is 0 Å². The van der Waals surface area contributed by atoms with Crippen molar-refractivity contribution in [2.45, 2.75) is 17.7 Å². The summed E-state index contributed by atoms with van der Waals surface area (Å²) in [7, 11) is 0. The number of amides is 2. The highest BCUT2D eigenvalue weighted by molar-refractivity contribution is 7.98. The van der Waals surface area contributed by atoms with Gasteiger partial charge in [-0.25, -0.2) is 4.79 Å². The van der Waals surface area contributed by atoms with Crippen molar-refractivity contribution in [3.63, 3.8) is 0 Å². The first-order chi connectivity index (χ1) is 7.81. The Hall–Kier alpha value is -1.16. The number of rotatable bonds is 2. The minimum atomic E-state index is 0.0269. The first-order valence-corrected chi connectivity index (χ1v) is 6.72. The molecule has 2 amide bonds. The standard InChI is InChI=1S/C12H16N2OS/c1-16-11-7-3-2-6-10(11)13-12(15)14-8-4-5-9-14/h2-3,6-7H,4-5,8-9H2,1H3,(H,13,15). The SMILES string of the molecule is CSc1ccccc1NC(=O)N1CCCC1. The van der Waals surface area contributed by atoms with Crippen LogP contribution in [0.15, 0.2) is 29.2 Å². The second kappa shape index (κ2) is 5.25. The number of hydrogen-bond donors (Lipinski definition) is 1. The van der Waals surface area contributed by atoms with E-state index in [1.54, 1.807) is 11.8 Å². The molecule has 86 valence electrons. The minimum Gasteiger partial charge on any atom is -0.325 e. The number of benzene rings is 1. The van der Waals surface area contributed by atoms with E-state index in [1.807, 2.05) is 35.4 Å². The molecule has 1 saturated heterocycles. The number of para-hydroxylation sites is 1. The summed E-state index contributed by atoms with van der Waals surface area (Å²) in [6, 6.07) is 7.92. The van der Waals surface area contributed by atoms with Gasteiger partial charge in [-0.2, -0.15) is 0 Å². The third kappa shape index (κ3) is 2.50. The number of likely N-dealkylation sites (tertiary alicyclic amines) is 1. The van der Waals surface area contributed by atoms with Crippen LogP contribution in [0.1, 0.15) is 12.8 Å². The maximum absolute atomic E-state index is 11.9. The molecule has 2 rings (SSSR count). The van der Waals surface area contributed by atoms with Crippen LogP contribution in [0.2, 0.25) is 0 Å². The van der Waals surface area contributed by atoms with Crippen LogP contribution in [0, 0.1) is 0 Å². The summed E-state index contributed by atoms with van der Waals surface area (Å²) in [5.74, 6) is 0. The fraction of sp³-hybridized carbons (Fsp3) is 0.417. The van der Waals surface area contributed by atoms with Crippen molar-refractivity contribution in [3.05, 3.63) is 24.3 Å². The van der Waals surface area contributed by atoms with E-state index in [4.69, 9.17) is 0 Å². The Morgan fingerprint density at radius 2 is 2.00 bits per heavy atom. The Bertz CT molecular complexity index is 375. The molecule has 0 spiro atoms. The lowest BCUT2D eigenvalue weighted by molar-refractivity contribution is 0.222. The van der Waals surface area contributed by atoms with Gasteiger partial charge in [-0.1, -0.05) is 12.1 Å². The average Bonchev–Trinajstić information content (AvgIpc) is 2.83. The van der Waals surface area contributed by atoms with E-state index >= 15 is 0 Å². The van der Waals surface area contributed by atoms with Gasteiger partial charge >= 0.3 is 6.03 Å². The van der Waals surface area contributed by atoms with Gasteiger partial charge < -0.3 is 10.2 Å². The highest BCUT2D eigenvalue weighted by Gasteiger charge is 2.18.